The van der Waals surface area contributed by atoms with Crippen molar-refractivity contribution in [2.24, 2.45) is 5.92 Å². The summed E-state index contributed by atoms with van der Waals surface area (Å²) in [7, 11) is 0. The number of fused-ring (bicyclic) bond motifs is 1. The van der Waals surface area contributed by atoms with E-state index in [2.05, 4.69) is 10.6 Å². The highest BCUT2D eigenvalue weighted by Crippen LogP contribution is 2.30. The lowest BCUT2D eigenvalue weighted by Crippen LogP contribution is -2.49. The highest BCUT2D eigenvalue weighted by atomic mass is 35.5. The van der Waals surface area contributed by atoms with Crippen LogP contribution in [0, 0.1) is 5.92 Å². The number of amides is 2. The second-order valence-corrected chi connectivity index (χ2v) is 7.28. The molecule has 1 heterocycles. The lowest BCUT2D eigenvalue weighted by Gasteiger charge is -2.22. The third kappa shape index (κ3) is 4.75. The molecule has 1 aliphatic heterocycles. The van der Waals surface area contributed by atoms with Crippen LogP contribution < -0.4 is 20.1 Å². The summed E-state index contributed by atoms with van der Waals surface area (Å²) in [5.74, 6) is 0.648. The van der Waals surface area contributed by atoms with Crippen LogP contribution in [0.1, 0.15) is 29.8 Å². The Hall–Kier alpha value is -2.73. The molecule has 1 aliphatic rings. The molecule has 2 N–H and O–H groups in total. The molecule has 0 saturated carbocycles. The van der Waals surface area contributed by atoms with Crippen molar-refractivity contribution in [3.05, 3.63) is 58.6 Å². The van der Waals surface area contributed by atoms with Crippen LogP contribution in [0.15, 0.2) is 42.5 Å². The third-order valence-corrected chi connectivity index (χ3v) is 4.76. The molecule has 1 atom stereocenters. The molecule has 0 bridgehead atoms. The first-order chi connectivity index (χ1) is 13.5. The maximum atomic E-state index is 12.7. The molecular weight excluding hydrogens is 380 g/mol. The van der Waals surface area contributed by atoms with Crippen LogP contribution >= 0.6 is 11.6 Å². The Labute approximate surface area is 169 Å². The molecule has 0 spiro atoms. The number of ether oxygens (including phenoxy) is 2. The van der Waals surface area contributed by atoms with E-state index >= 15 is 0 Å². The van der Waals surface area contributed by atoms with E-state index in [0.717, 1.165) is 5.56 Å². The largest absolute Gasteiger partial charge is 0.486 e. The minimum Gasteiger partial charge on any atom is -0.486 e. The van der Waals surface area contributed by atoms with E-state index < -0.39 is 6.04 Å². The predicted octanol–water partition coefficient (Wildman–Crippen LogP) is 3.18. The average Bonchev–Trinajstić information content (AvgIpc) is 2.70. The van der Waals surface area contributed by atoms with Gasteiger partial charge in [-0.1, -0.05) is 43.6 Å². The number of benzene rings is 2. The highest BCUT2D eigenvalue weighted by Gasteiger charge is 2.25. The first-order valence-corrected chi connectivity index (χ1v) is 9.55. The second kappa shape index (κ2) is 8.97. The summed E-state index contributed by atoms with van der Waals surface area (Å²) < 4.78 is 11.1. The lowest BCUT2D eigenvalue weighted by atomic mass is 10.0. The molecule has 148 valence electrons. The van der Waals surface area contributed by atoms with Crippen molar-refractivity contribution in [3.63, 3.8) is 0 Å². The molecule has 6 nitrogen and oxygen atoms in total. The van der Waals surface area contributed by atoms with Crippen LogP contribution in [0.4, 0.5) is 0 Å². The van der Waals surface area contributed by atoms with Crippen molar-refractivity contribution < 1.29 is 19.1 Å². The standard InChI is InChI=1S/C21H23ClN2O4/c1-13(2)19(24-20(25)15-5-3-4-6-16(15)22)21(26)23-12-14-7-8-17-18(11-14)28-10-9-27-17/h3-8,11,13,19H,9-10,12H2,1-2H3,(H,23,26)(H,24,25). The van der Waals surface area contributed by atoms with Crippen LogP contribution in [-0.4, -0.2) is 31.1 Å². The average molecular weight is 403 g/mol. The normalized spacial score (nSPS) is 13.7. The van der Waals surface area contributed by atoms with Crippen molar-refractivity contribution in [2.45, 2.75) is 26.4 Å². The van der Waals surface area contributed by atoms with Crippen LogP contribution in [0.25, 0.3) is 0 Å². The van der Waals surface area contributed by atoms with Gasteiger partial charge in [0.05, 0.1) is 10.6 Å². The van der Waals surface area contributed by atoms with Gasteiger partial charge >= 0.3 is 0 Å². The van der Waals surface area contributed by atoms with E-state index in [1.807, 2.05) is 32.0 Å². The fourth-order valence-electron chi connectivity index (χ4n) is 2.90. The predicted molar refractivity (Wildman–Crippen MR) is 107 cm³/mol. The summed E-state index contributed by atoms with van der Waals surface area (Å²) in [6, 6.07) is 11.6. The first kappa shape index (κ1) is 20.0. The minimum atomic E-state index is -0.680. The monoisotopic (exact) mass is 402 g/mol. The van der Waals surface area contributed by atoms with E-state index in [-0.39, 0.29) is 17.7 Å². The molecule has 0 aromatic heterocycles. The SMILES string of the molecule is CC(C)C(NC(=O)c1ccccc1Cl)C(=O)NCc1ccc2c(c1)OCCO2. The maximum Gasteiger partial charge on any atom is 0.253 e. The van der Waals surface area contributed by atoms with E-state index in [1.165, 1.54) is 0 Å². The lowest BCUT2D eigenvalue weighted by molar-refractivity contribution is -0.124. The number of hydrogen-bond acceptors (Lipinski definition) is 4. The van der Waals surface area contributed by atoms with Crippen LogP contribution in [0.5, 0.6) is 11.5 Å². The quantitative estimate of drug-likeness (QED) is 0.778. The molecule has 0 saturated heterocycles. The first-order valence-electron chi connectivity index (χ1n) is 9.17. The van der Waals surface area contributed by atoms with Crippen LogP contribution in [-0.2, 0) is 11.3 Å². The van der Waals surface area contributed by atoms with Crippen molar-refractivity contribution in [1.82, 2.24) is 10.6 Å². The molecule has 3 rings (SSSR count). The summed E-state index contributed by atoms with van der Waals surface area (Å²) in [5.41, 5.74) is 1.23. The molecule has 2 aromatic carbocycles. The second-order valence-electron chi connectivity index (χ2n) is 6.87. The van der Waals surface area contributed by atoms with Gasteiger partial charge in [-0.25, -0.2) is 0 Å². The zero-order valence-electron chi connectivity index (χ0n) is 15.8. The van der Waals surface area contributed by atoms with Crippen molar-refractivity contribution in [3.8, 4) is 11.5 Å². The molecule has 0 radical (unpaired) electrons. The van der Waals surface area contributed by atoms with Crippen molar-refractivity contribution >= 4 is 23.4 Å². The van der Waals surface area contributed by atoms with Gasteiger partial charge in [0.15, 0.2) is 11.5 Å². The van der Waals surface area contributed by atoms with E-state index in [0.29, 0.717) is 41.8 Å². The molecule has 0 fully saturated rings. The van der Waals surface area contributed by atoms with Gasteiger partial charge in [-0.15, -0.1) is 0 Å². The fraction of sp³-hybridized carbons (Fsp3) is 0.333. The fourth-order valence-corrected chi connectivity index (χ4v) is 3.12. The highest BCUT2D eigenvalue weighted by molar-refractivity contribution is 6.33. The Morgan fingerprint density at radius 1 is 1.07 bits per heavy atom. The zero-order valence-corrected chi connectivity index (χ0v) is 16.6. The van der Waals surface area contributed by atoms with E-state index in [4.69, 9.17) is 21.1 Å². The Bertz CT molecular complexity index is 869. The Balaban J connectivity index is 1.63. The molecule has 2 amide bonds. The number of carbonyl (C=O) groups excluding carboxylic acids is 2. The van der Waals surface area contributed by atoms with Gasteiger partial charge in [0, 0.05) is 6.54 Å². The Kier molecular flexibility index (Phi) is 6.41. The van der Waals surface area contributed by atoms with Gasteiger partial charge in [0.2, 0.25) is 5.91 Å². The summed E-state index contributed by atoms with van der Waals surface area (Å²) >= 11 is 6.08. The van der Waals surface area contributed by atoms with Gasteiger partial charge in [0.25, 0.3) is 5.91 Å². The molecule has 7 heteroatoms. The summed E-state index contributed by atoms with van der Waals surface area (Å²) in [5, 5.41) is 6.00. The third-order valence-electron chi connectivity index (χ3n) is 4.43. The van der Waals surface area contributed by atoms with Crippen LogP contribution in [0.3, 0.4) is 0 Å². The summed E-state index contributed by atoms with van der Waals surface area (Å²) in [6.45, 7) is 5.11. The molecule has 2 aromatic rings. The number of carbonyl (C=O) groups is 2. The number of nitrogens with one attached hydrogen (secondary N) is 2. The molecule has 0 aliphatic carbocycles. The molecule has 1 unspecified atom stereocenters. The summed E-state index contributed by atoms with van der Waals surface area (Å²) in [6.07, 6.45) is 0. The topological polar surface area (TPSA) is 76.7 Å². The number of rotatable bonds is 6. The van der Waals surface area contributed by atoms with Gasteiger partial charge < -0.3 is 20.1 Å². The van der Waals surface area contributed by atoms with Crippen molar-refractivity contribution in [2.75, 3.05) is 13.2 Å². The Morgan fingerprint density at radius 2 is 1.79 bits per heavy atom. The maximum absolute atomic E-state index is 12.7. The van der Waals surface area contributed by atoms with E-state index in [1.54, 1.807) is 24.3 Å². The molecular formula is C21H23ClN2O4. The van der Waals surface area contributed by atoms with Crippen molar-refractivity contribution in [1.29, 1.82) is 0 Å². The Morgan fingerprint density at radius 3 is 2.50 bits per heavy atom. The van der Waals surface area contributed by atoms with Crippen LogP contribution in [0.2, 0.25) is 5.02 Å². The van der Waals surface area contributed by atoms with Gasteiger partial charge in [-0.05, 0) is 35.7 Å². The van der Waals surface area contributed by atoms with E-state index in [9.17, 15) is 9.59 Å². The number of halogens is 1. The smallest absolute Gasteiger partial charge is 0.253 e. The van der Waals surface area contributed by atoms with Gasteiger partial charge in [0.1, 0.15) is 19.3 Å². The summed E-state index contributed by atoms with van der Waals surface area (Å²) in [4.78, 5) is 25.2. The zero-order chi connectivity index (χ0) is 20.1. The van der Waals surface area contributed by atoms with Gasteiger partial charge in [-0.2, -0.15) is 0 Å². The van der Waals surface area contributed by atoms with Gasteiger partial charge in [-0.3, -0.25) is 9.59 Å². The minimum absolute atomic E-state index is 0.0910. The molecule has 28 heavy (non-hydrogen) atoms. The number of hydrogen-bond donors (Lipinski definition) is 2.